The summed E-state index contributed by atoms with van der Waals surface area (Å²) in [5.74, 6) is -0.423. The van der Waals surface area contributed by atoms with Crippen LogP contribution in [0.1, 0.15) is 31.2 Å². The number of halogens is 1. The summed E-state index contributed by atoms with van der Waals surface area (Å²) in [5, 5.41) is 17.0. The number of carbonyl (C=O) groups excluding carboxylic acids is 1. The van der Waals surface area contributed by atoms with Gasteiger partial charge in [0.15, 0.2) is 0 Å². The van der Waals surface area contributed by atoms with Gasteiger partial charge >= 0.3 is 0 Å². The van der Waals surface area contributed by atoms with Crippen LogP contribution >= 0.6 is 0 Å². The van der Waals surface area contributed by atoms with Crippen LogP contribution in [0.2, 0.25) is 0 Å². The number of amides is 1. The lowest BCUT2D eigenvalue weighted by molar-refractivity contribution is -0.124. The molecule has 3 saturated heterocycles. The Kier molecular flexibility index (Phi) is 7.00. The minimum atomic E-state index is -0.680. The van der Waals surface area contributed by atoms with Gasteiger partial charge in [-0.2, -0.15) is 0 Å². The van der Waals surface area contributed by atoms with Crippen LogP contribution in [0, 0.1) is 5.82 Å². The van der Waals surface area contributed by atoms with E-state index in [1.807, 2.05) is 0 Å². The standard InChI is InChI=1S/C22H32FN3O4/c1-26-8-6-16(7-9-26)24-13-19-21(28)22-18(30-19)10-17(29-22)11-20(27)25-12-14-2-4-15(23)5-3-14/h2-5,16-19,21-22,24,28H,6-13H2,1H3,(H,25,27)/t17-,18+,19+,21+,22-/m0/s1. The van der Waals surface area contributed by atoms with Crippen LogP contribution in [0.5, 0.6) is 0 Å². The first-order chi connectivity index (χ1) is 14.5. The van der Waals surface area contributed by atoms with E-state index in [2.05, 4.69) is 22.6 Å². The van der Waals surface area contributed by atoms with E-state index < -0.39 is 6.10 Å². The maximum Gasteiger partial charge on any atom is 0.222 e. The number of nitrogens with zero attached hydrogens (tertiary/aromatic N) is 1. The van der Waals surface area contributed by atoms with Gasteiger partial charge in [-0.1, -0.05) is 12.1 Å². The Morgan fingerprint density at radius 1 is 1.23 bits per heavy atom. The van der Waals surface area contributed by atoms with Gasteiger partial charge in [0, 0.05) is 25.6 Å². The largest absolute Gasteiger partial charge is 0.388 e. The fourth-order valence-corrected chi connectivity index (χ4v) is 4.59. The third-order valence-electron chi connectivity index (χ3n) is 6.42. The highest BCUT2D eigenvalue weighted by atomic mass is 19.1. The van der Waals surface area contributed by atoms with Gasteiger partial charge < -0.3 is 30.1 Å². The van der Waals surface area contributed by atoms with Gasteiger partial charge in [-0.25, -0.2) is 4.39 Å². The zero-order valence-electron chi connectivity index (χ0n) is 17.4. The smallest absolute Gasteiger partial charge is 0.222 e. The Morgan fingerprint density at radius 2 is 1.97 bits per heavy atom. The van der Waals surface area contributed by atoms with Gasteiger partial charge in [0.05, 0.1) is 24.7 Å². The molecule has 30 heavy (non-hydrogen) atoms. The fraction of sp³-hybridized carbons (Fsp3) is 0.682. The second-order valence-corrected chi connectivity index (χ2v) is 8.76. The number of benzene rings is 1. The number of fused-ring (bicyclic) bond motifs is 1. The van der Waals surface area contributed by atoms with Crippen LogP contribution in [-0.4, -0.2) is 79.2 Å². The normalized spacial score (nSPS) is 32.3. The number of hydrogen-bond acceptors (Lipinski definition) is 6. The van der Waals surface area contributed by atoms with Crippen molar-refractivity contribution in [2.24, 2.45) is 0 Å². The van der Waals surface area contributed by atoms with Gasteiger partial charge in [-0.3, -0.25) is 4.79 Å². The molecular formula is C22H32FN3O4. The first-order valence-corrected chi connectivity index (χ1v) is 10.9. The number of carbonyl (C=O) groups is 1. The van der Waals surface area contributed by atoms with Crippen LogP contribution in [0.15, 0.2) is 24.3 Å². The molecule has 1 aromatic rings. The number of rotatable bonds is 7. The highest BCUT2D eigenvalue weighted by molar-refractivity contribution is 5.76. The number of aliphatic hydroxyl groups is 1. The first-order valence-electron chi connectivity index (χ1n) is 10.9. The zero-order valence-corrected chi connectivity index (χ0v) is 17.4. The molecule has 0 radical (unpaired) electrons. The van der Waals surface area contributed by atoms with Crippen LogP contribution in [0.25, 0.3) is 0 Å². The minimum Gasteiger partial charge on any atom is -0.388 e. The van der Waals surface area contributed by atoms with E-state index in [4.69, 9.17) is 9.47 Å². The monoisotopic (exact) mass is 421 g/mol. The summed E-state index contributed by atoms with van der Waals surface area (Å²) in [7, 11) is 2.14. The van der Waals surface area contributed by atoms with E-state index >= 15 is 0 Å². The van der Waals surface area contributed by atoms with Crippen LogP contribution < -0.4 is 10.6 Å². The summed E-state index contributed by atoms with van der Waals surface area (Å²) in [5.41, 5.74) is 0.840. The van der Waals surface area contributed by atoms with E-state index in [1.165, 1.54) is 12.1 Å². The molecule has 7 nitrogen and oxygen atoms in total. The van der Waals surface area contributed by atoms with E-state index in [0.29, 0.717) is 25.6 Å². The predicted octanol–water partition coefficient (Wildman–Crippen LogP) is 0.802. The quantitative estimate of drug-likeness (QED) is 0.604. The van der Waals surface area contributed by atoms with Crippen molar-refractivity contribution in [3.8, 4) is 0 Å². The molecule has 5 atom stereocenters. The van der Waals surface area contributed by atoms with Crippen molar-refractivity contribution in [2.75, 3.05) is 26.7 Å². The van der Waals surface area contributed by atoms with Crippen LogP contribution in [0.3, 0.4) is 0 Å². The summed E-state index contributed by atoms with van der Waals surface area (Å²) >= 11 is 0. The Balaban J connectivity index is 1.17. The Hall–Kier alpha value is -1.58. The fourth-order valence-electron chi connectivity index (χ4n) is 4.59. The third-order valence-corrected chi connectivity index (χ3v) is 6.42. The van der Waals surface area contributed by atoms with Gasteiger partial charge in [0.2, 0.25) is 5.91 Å². The number of piperidine rings is 1. The Labute approximate surface area is 176 Å². The average molecular weight is 422 g/mol. The maximum atomic E-state index is 12.9. The number of hydrogen-bond donors (Lipinski definition) is 3. The number of nitrogens with one attached hydrogen (secondary N) is 2. The van der Waals surface area contributed by atoms with Crippen LogP contribution in [-0.2, 0) is 20.8 Å². The third kappa shape index (κ3) is 5.36. The minimum absolute atomic E-state index is 0.126. The van der Waals surface area contributed by atoms with Crippen LogP contribution in [0.4, 0.5) is 4.39 Å². The summed E-state index contributed by atoms with van der Waals surface area (Å²) in [6.45, 7) is 3.15. The number of likely N-dealkylation sites (tertiary alicyclic amines) is 1. The Morgan fingerprint density at radius 3 is 2.67 bits per heavy atom. The van der Waals surface area contributed by atoms with E-state index in [9.17, 15) is 14.3 Å². The van der Waals surface area contributed by atoms with Crippen molar-refractivity contribution in [2.45, 2.75) is 68.8 Å². The average Bonchev–Trinajstić information content (AvgIpc) is 3.25. The molecule has 3 fully saturated rings. The van der Waals surface area contributed by atoms with Crippen molar-refractivity contribution in [3.05, 3.63) is 35.6 Å². The molecule has 0 aromatic heterocycles. The summed E-state index contributed by atoms with van der Waals surface area (Å²) in [6.07, 6.45) is 1.30. The molecule has 3 aliphatic heterocycles. The summed E-state index contributed by atoms with van der Waals surface area (Å²) < 4.78 is 24.9. The lowest BCUT2D eigenvalue weighted by Crippen LogP contribution is -2.46. The van der Waals surface area contributed by atoms with E-state index in [0.717, 1.165) is 31.5 Å². The van der Waals surface area contributed by atoms with Crippen molar-refractivity contribution in [1.82, 2.24) is 15.5 Å². The Bertz CT molecular complexity index is 711. The molecule has 0 aliphatic carbocycles. The molecule has 0 unspecified atom stereocenters. The van der Waals surface area contributed by atoms with Crippen molar-refractivity contribution in [1.29, 1.82) is 0 Å². The van der Waals surface area contributed by atoms with Gasteiger partial charge in [-0.15, -0.1) is 0 Å². The molecule has 166 valence electrons. The number of ether oxygens (including phenoxy) is 2. The SMILES string of the molecule is CN1CCC(NC[C@H]2O[C@@H]3C[C@@H](CC(=O)NCc4ccc(F)cc4)O[C@@H]3[C@@H]2O)CC1. The first kappa shape index (κ1) is 21.6. The van der Waals surface area contributed by atoms with Gasteiger partial charge in [-0.05, 0) is 50.7 Å². The van der Waals surface area contributed by atoms with E-state index in [-0.39, 0.29) is 42.6 Å². The molecular weight excluding hydrogens is 389 g/mol. The molecule has 3 N–H and O–H groups in total. The molecule has 1 aromatic carbocycles. The lowest BCUT2D eigenvalue weighted by Gasteiger charge is -2.30. The topological polar surface area (TPSA) is 83.1 Å². The van der Waals surface area contributed by atoms with Crippen molar-refractivity contribution >= 4 is 5.91 Å². The van der Waals surface area contributed by atoms with Crippen molar-refractivity contribution < 1.29 is 23.8 Å². The second-order valence-electron chi connectivity index (χ2n) is 8.76. The molecule has 1 amide bonds. The highest BCUT2D eigenvalue weighted by Gasteiger charge is 2.50. The molecule has 0 saturated carbocycles. The molecule has 0 spiro atoms. The predicted molar refractivity (Wildman–Crippen MR) is 109 cm³/mol. The maximum absolute atomic E-state index is 12.9. The number of aliphatic hydroxyl groups excluding tert-OH is 1. The highest BCUT2D eigenvalue weighted by Crippen LogP contribution is 2.35. The second kappa shape index (κ2) is 9.70. The molecule has 8 heteroatoms. The zero-order chi connectivity index (χ0) is 21.1. The van der Waals surface area contributed by atoms with Gasteiger partial charge in [0.25, 0.3) is 0 Å². The molecule has 3 aliphatic rings. The molecule has 3 heterocycles. The lowest BCUT2D eigenvalue weighted by atomic mass is 10.0. The van der Waals surface area contributed by atoms with E-state index in [1.54, 1.807) is 12.1 Å². The van der Waals surface area contributed by atoms with Gasteiger partial charge in [0.1, 0.15) is 18.0 Å². The summed E-state index contributed by atoms with van der Waals surface area (Å²) in [4.78, 5) is 14.6. The molecule has 4 rings (SSSR count). The summed E-state index contributed by atoms with van der Waals surface area (Å²) in [6, 6.07) is 6.52. The molecule has 0 bridgehead atoms. The van der Waals surface area contributed by atoms with Crippen molar-refractivity contribution in [3.63, 3.8) is 0 Å².